The Morgan fingerprint density at radius 3 is 0.222 bits per heavy atom. The summed E-state index contributed by atoms with van der Waals surface area (Å²) in [5.74, 6) is 0. The minimum atomic E-state index is 0. The molecule has 0 saturated carbocycles. The summed E-state index contributed by atoms with van der Waals surface area (Å²) in [6, 6.07) is 0. The van der Waals surface area contributed by atoms with E-state index in [9.17, 15) is 0 Å². The first-order chi connectivity index (χ1) is 0. The average Bonchev–Trinajstić information content (AvgIpc) is 0. The molecule has 0 rings (SSSR count). The first-order valence-electron chi connectivity index (χ1n) is 0. The third-order valence-corrected chi connectivity index (χ3v) is 0. The van der Waals surface area contributed by atoms with Crippen molar-refractivity contribution >= 4 is 136 Å². The molecule has 0 unspecified atom stereocenters. The maximum absolute atomic E-state index is 0. The Hall–Kier alpha value is 4.20. The van der Waals surface area contributed by atoms with Crippen molar-refractivity contribution in [3.05, 3.63) is 0 Å². The van der Waals surface area contributed by atoms with Crippen molar-refractivity contribution in [1.82, 2.24) is 0 Å². The Balaban J connectivity index is 0. The summed E-state index contributed by atoms with van der Waals surface area (Å²) in [6.07, 6.45) is 0. The van der Waals surface area contributed by atoms with Crippen LogP contribution in [0.2, 0.25) is 0 Å². The minimum Gasteiger partial charge on any atom is -0.870 e. The summed E-state index contributed by atoms with van der Waals surface area (Å²) < 4.78 is 0. The molecule has 0 spiro atoms. The number of rotatable bonds is 0. The second kappa shape index (κ2) is 86.7. The molecule has 6 nitrogen and oxygen atoms in total. The molecule has 0 aliphatic rings. The van der Waals surface area contributed by atoms with Gasteiger partial charge in [0.05, 0.1) is 0 Å². The zero-order valence-corrected chi connectivity index (χ0v) is 15.2. The molecular formula is H6O6Sr3. The summed E-state index contributed by atoms with van der Waals surface area (Å²) >= 11 is 0. The minimum absolute atomic E-state index is 0. The summed E-state index contributed by atoms with van der Waals surface area (Å²) in [5.41, 5.74) is 0. The van der Waals surface area contributed by atoms with Crippen molar-refractivity contribution < 1.29 is 32.9 Å². The largest absolute Gasteiger partial charge is 2.00 e. The predicted octanol–water partition coefficient (Wildman–Crippen LogP) is -2.20. The van der Waals surface area contributed by atoms with Gasteiger partial charge in [-0.15, -0.1) is 0 Å². The predicted molar refractivity (Wildman–Crippen MR) is 28.9 cm³/mol. The van der Waals surface area contributed by atoms with E-state index in [1.165, 1.54) is 0 Å². The molecule has 9 heavy (non-hydrogen) atoms. The van der Waals surface area contributed by atoms with Gasteiger partial charge >= 0.3 is 136 Å². The SMILES string of the molecule is [OH-].[OH-].[OH-].[OH-].[OH-].[OH-].[Sr+2].[Sr+2].[Sr+2]. The molecule has 0 aromatic rings. The number of hydrogen-bond donors (Lipinski definition) is 0. The fraction of sp³-hybridized carbons (Fsp3) is 0. The van der Waals surface area contributed by atoms with Crippen LogP contribution in [0.15, 0.2) is 0 Å². The van der Waals surface area contributed by atoms with Crippen LogP contribution in [-0.4, -0.2) is 169 Å². The van der Waals surface area contributed by atoms with E-state index in [4.69, 9.17) is 0 Å². The molecule has 0 fully saturated rings. The van der Waals surface area contributed by atoms with E-state index in [1.807, 2.05) is 0 Å². The van der Waals surface area contributed by atoms with Crippen molar-refractivity contribution in [2.45, 2.75) is 0 Å². The van der Waals surface area contributed by atoms with Crippen LogP contribution in [0.25, 0.3) is 0 Å². The Morgan fingerprint density at radius 2 is 0.222 bits per heavy atom. The molecule has 0 atom stereocenters. The van der Waals surface area contributed by atoms with Crippen LogP contribution in [0.3, 0.4) is 0 Å². The van der Waals surface area contributed by atoms with Gasteiger partial charge in [0.25, 0.3) is 0 Å². The summed E-state index contributed by atoms with van der Waals surface area (Å²) in [4.78, 5) is 0. The first-order valence-corrected chi connectivity index (χ1v) is 0. The van der Waals surface area contributed by atoms with Crippen LogP contribution in [0, 0.1) is 0 Å². The van der Waals surface area contributed by atoms with Gasteiger partial charge in [-0.1, -0.05) is 0 Å². The van der Waals surface area contributed by atoms with Crippen LogP contribution in [0.1, 0.15) is 0 Å². The zero-order chi connectivity index (χ0) is 0. The van der Waals surface area contributed by atoms with Crippen LogP contribution in [0.5, 0.6) is 0 Å². The van der Waals surface area contributed by atoms with Crippen molar-refractivity contribution in [2.24, 2.45) is 0 Å². The molecule has 0 aliphatic heterocycles. The van der Waals surface area contributed by atoms with E-state index < -0.39 is 0 Å². The maximum Gasteiger partial charge on any atom is 2.00 e. The Bertz CT molecular complexity index is 8.26. The fourth-order valence-electron chi connectivity index (χ4n) is 0. The van der Waals surface area contributed by atoms with Gasteiger partial charge in [0.1, 0.15) is 0 Å². The summed E-state index contributed by atoms with van der Waals surface area (Å²) in [6.45, 7) is 0. The van der Waals surface area contributed by atoms with Crippen LogP contribution in [-0.2, 0) is 0 Å². The third kappa shape index (κ3) is 71.9. The topological polar surface area (TPSA) is 180 Å². The van der Waals surface area contributed by atoms with E-state index in [1.54, 1.807) is 0 Å². The average molecular weight is 365 g/mol. The molecule has 6 N–H and O–H groups in total. The molecule has 0 radical (unpaired) electrons. The first kappa shape index (κ1) is 111. The van der Waals surface area contributed by atoms with E-state index in [0.717, 1.165) is 0 Å². The van der Waals surface area contributed by atoms with E-state index in [2.05, 4.69) is 0 Å². The van der Waals surface area contributed by atoms with Gasteiger partial charge in [0.2, 0.25) is 0 Å². The van der Waals surface area contributed by atoms with Crippen molar-refractivity contribution in [1.29, 1.82) is 0 Å². The van der Waals surface area contributed by atoms with E-state index in [-0.39, 0.29) is 169 Å². The molecule has 0 aliphatic carbocycles. The number of hydrogen-bond acceptors (Lipinski definition) is 6. The summed E-state index contributed by atoms with van der Waals surface area (Å²) in [7, 11) is 0. The van der Waals surface area contributed by atoms with Crippen LogP contribution >= 0.6 is 0 Å². The van der Waals surface area contributed by atoms with Gasteiger partial charge in [-0.05, 0) is 0 Å². The molecule has 0 saturated heterocycles. The fourth-order valence-corrected chi connectivity index (χ4v) is 0. The standard InChI is InChI=1S/6H2O.3Sr/h6*1H2;;;/q;;;;;;3*+2/p-6. The van der Waals surface area contributed by atoms with Crippen molar-refractivity contribution in [3.63, 3.8) is 0 Å². The third-order valence-electron chi connectivity index (χ3n) is 0. The quantitative estimate of drug-likeness (QED) is 0.439. The van der Waals surface area contributed by atoms with Gasteiger partial charge in [0.15, 0.2) is 0 Å². The molecular weight excluding hydrogens is 359 g/mol. The molecule has 9 heteroatoms. The van der Waals surface area contributed by atoms with Gasteiger partial charge < -0.3 is 32.9 Å². The Kier molecular flexibility index (Phi) is 1070. The molecule has 0 heterocycles. The van der Waals surface area contributed by atoms with Gasteiger partial charge in [-0.25, -0.2) is 0 Å². The maximum atomic E-state index is 0. The van der Waals surface area contributed by atoms with Crippen LogP contribution in [0.4, 0.5) is 0 Å². The van der Waals surface area contributed by atoms with E-state index in [0.29, 0.717) is 0 Å². The van der Waals surface area contributed by atoms with Gasteiger partial charge in [-0.3, -0.25) is 0 Å². The Morgan fingerprint density at radius 1 is 0.222 bits per heavy atom. The molecule has 0 amide bonds. The normalized spacial score (nSPS) is 0. The molecule has 0 aromatic carbocycles. The Labute approximate surface area is 164 Å². The smallest absolute Gasteiger partial charge is 0.870 e. The van der Waals surface area contributed by atoms with Crippen LogP contribution < -0.4 is 0 Å². The second-order valence-corrected chi connectivity index (χ2v) is 0. The zero-order valence-electron chi connectivity index (χ0n) is 4.80. The monoisotopic (exact) mass is 366 g/mol. The van der Waals surface area contributed by atoms with Gasteiger partial charge in [0, 0.05) is 0 Å². The second-order valence-electron chi connectivity index (χ2n) is 0. The summed E-state index contributed by atoms with van der Waals surface area (Å²) in [5, 5.41) is 0. The molecule has 48 valence electrons. The molecule has 0 aromatic heterocycles. The van der Waals surface area contributed by atoms with Crippen molar-refractivity contribution in [2.75, 3.05) is 0 Å². The molecule has 0 bridgehead atoms. The van der Waals surface area contributed by atoms with Crippen molar-refractivity contribution in [3.8, 4) is 0 Å². The van der Waals surface area contributed by atoms with Gasteiger partial charge in [-0.2, -0.15) is 0 Å². The van der Waals surface area contributed by atoms with E-state index >= 15 is 0 Å².